The van der Waals surface area contributed by atoms with Gasteiger partial charge in [0.05, 0.1) is 13.0 Å². The van der Waals surface area contributed by atoms with Gasteiger partial charge in [0.2, 0.25) is 0 Å². The van der Waals surface area contributed by atoms with Crippen LogP contribution in [0.4, 0.5) is 4.79 Å². The second kappa shape index (κ2) is 7.79. The normalized spacial score (nSPS) is 12.4. The van der Waals surface area contributed by atoms with Crippen LogP contribution in [0.1, 0.15) is 37.8 Å². The number of nitrogens with two attached hydrogens (primary N) is 1. The molecule has 0 aliphatic heterocycles. The van der Waals surface area contributed by atoms with Crippen LogP contribution in [0.3, 0.4) is 0 Å². The van der Waals surface area contributed by atoms with Crippen LogP contribution in [-0.4, -0.2) is 31.3 Å². The Labute approximate surface area is 131 Å². The topological polar surface area (TPSA) is 90.6 Å². The maximum Gasteiger partial charge on any atom is 0.407 e. The highest BCUT2D eigenvalue weighted by Crippen LogP contribution is 2.18. The van der Waals surface area contributed by atoms with Gasteiger partial charge in [-0.1, -0.05) is 24.3 Å². The van der Waals surface area contributed by atoms with E-state index in [2.05, 4.69) is 5.32 Å². The third-order valence-electron chi connectivity index (χ3n) is 2.95. The Morgan fingerprint density at radius 1 is 1.23 bits per heavy atom. The molecule has 0 saturated heterocycles. The van der Waals surface area contributed by atoms with Gasteiger partial charge >= 0.3 is 12.1 Å². The van der Waals surface area contributed by atoms with Crippen LogP contribution >= 0.6 is 0 Å². The molecule has 0 spiro atoms. The van der Waals surface area contributed by atoms with Crippen LogP contribution in [0.5, 0.6) is 0 Å². The van der Waals surface area contributed by atoms with E-state index >= 15 is 0 Å². The molecule has 0 saturated carbocycles. The third-order valence-corrected chi connectivity index (χ3v) is 2.95. The smallest absolute Gasteiger partial charge is 0.407 e. The van der Waals surface area contributed by atoms with Gasteiger partial charge in [-0.25, -0.2) is 4.79 Å². The molecular weight excluding hydrogens is 284 g/mol. The van der Waals surface area contributed by atoms with Crippen molar-refractivity contribution in [1.29, 1.82) is 0 Å². The number of methoxy groups -OCH3 is 1. The zero-order valence-corrected chi connectivity index (χ0v) is 13.5. The number of esters is 1. The van der Waals surface area contributed by atoms with Gasteiger partial charge < -0.3 is 20.5 Å². The monoisotopic (exact) mass is 308 g/mol. The molecule has 1 aromatic rings. The van der Waals surface area contributed by atoms with E-state index in [1.807, 2.05) is 12.1 Å². The quantitative estimate of drug-likeness (QED) is 0.811. The highest BCUT2D eigenvalue weighted by Gasteiger charge is 2.23. The van der Waals surface area contributed by atoms with Crippen molar-refractivity contribution < 1.29 is 19.1 Å². The van der Waals surface area contributed by atoms with Crippen LogP contribution < -0.4 is 11.1 Å². The lowest BCUT2D eigenvalue weighted by molar-refractivity contribution is -0.142. The molecule has 1 aromatic carbocycles. The third kappa shape index (κ3) is 5.73. The number of alkyl carbamates (subject to hydrolysis) is 1. The first-order chi connectivity index (χ1) is 10.3. The van der Waals surface area contributed by atoms with Crippen molar-refractivity contribution >= 4 is 12.1 Å². The zero-order chi connectivity index (χ0) is 16.8. The first-order valence-corrected chi connectivity index (χ1v) is 7.10. The molecule has 3 N–H and O–H groups in total. The molecule has 1 rings (SSSR count). The van der Waals surface area contributed by atoms with Gasteiger partial charge in [-0.2, -0.15) is 0 Å². The Hall–Kier alpha value is -2.08. The Balaban J connectivity index is 2.76. The van der Waals surface area contributed by atoms with E-state index in [9.17, 15) is 9.59 Å². The summed E-state index contributed by atoms with van der Waals surface area (Å²) in [6.07, 6.45) is -0.569. The zero-order valence-electron chi connectivity index (χ0n) is 13.5. The minimum atomic E-state index is -0.593. The van der Waals surface area contributed by atoms with Crippen LogP contribution in [0, 0.1) is 0 Å². The SMILES string of the molecule is COC(=O)C(CNC(=O)OC(C)(C)C)c1ccc(CN)cc1. The molecule has 1 amide bonds. The molecule has 122 valence electrons. The molecule has 6 nitrogen and oxygen atoms in total. The van der Waals surface area contributed by atoms with Crippen LogP contribution in [0.2, 0.25) is 0 Å². The summed E-state index contributed by atoms with van der Waals surface area (Å²) in [4.78, 5) is 23.6. The van der Waals surface area contributed by atoms with Crippen molar-refractivity contribution in [3.8, 4) is 0 Å². The Morgan fingerprint density at radius 3 is 2.27 bits per heavy atom. The summed E-state index contributed by atoms with van der Waals surface area (Å²) in [5.74, 6) is -1.01. The summed E-state index contributed by atoms with van der Waals surface area (Å²) in [6, 6.07) is 7.30. The minimum Gasteiger partial charge on any atom is -0.468 e. The van der Waals surface area contributed by atoms with Crippen molar-refractivity contribution in [2.24, 2.45) is 5.73 Å². The predicted molar refractivity (Wildman–Crippen MR) is 83.3 cm³/mol. The first-order valence-electron chi connectivity index (χ1n) is 7.10. The number of benzene rings is 1. The van der Waals surface area contributed by atoms with Crippen molar-refractivity contribution in [2.45, 2.75) is 38.8 Å². The second-order valence-corrected chi connectivity index (χ2v) is 5.90. The summed E-state index contributed by atoms with van der Waals surface area (Å²) in [7, 11) is 1.32. The van der Waals surface area contributed by atoms with Gasteiger partial charge in [0, 0.05) is 13.1 Å². The maximum absolute atomic E-state index is 11.9. The highest BCUT2D eigenvalue weighted by molar-refractivity contribution is 5.79. The van der Waals surface area contributed by atoms with Gasteiger partial charge in [0.1, 0.15) is 5.60 Å². The van der Waals surface area contributed by atoms with Crippen molar-refractivity contribution in [3.05, 3.63) is 35.4 Å². The maximum atomic E-state index is 11.9. The lowest BCUT2D eigenvalue weighted by Crippen LogP contribution is -2.36. The lowest BCUT2D eigenvalue weighted by atomic mass is 9.98. The largest absolute Gasteiger partial charge is 0.468 e. The molecular formula is C16H24N2O4. The van der Waals surface area contributed by atoms with Gasteiger partial charge in [-0.3, -0.25) is 4.79 Å². The van der Waals surface area contributed by atoms with E-state index in [1.165, 1.54) is 7.11 Å². The van der Waals surface area contributed by atoms with Crippen molar-refractivity contribution in [1.82, 2.24) is 5.32 Å². The minimum absolute atomic E-state index is 0.101. The lowest BCUT2D eigenvalue weighted by Gasteiger charge is -2.21. The molecule has 0 bridgehead atoms. The van der Waals surface area contributed by atoms with E-state index < -0.39 is 23.6 Å². The Bertz CT molecular complexity index is 506. The Morgan fingerprint density at radius 2 is 1.82 bits per heavy atom. The number of ether oxygens (including phenoxy) is 2. The van der Waals surface area contributed by atoms with Crippen molar-refractivity contribution in [3.63, 3.8) is 0 Å². The van der Waals surface area contributed by atoms with Crippen LogP contribution in [0.15, 0.2) is 24.3 Å². The summed E-state index contributed by atoms with van der Waals surface area (Å²) in [5, 5.41) is 2.59. The van der Waals surface area contributed by atoms with Crippen LogP contribution in [-0.2, 0) is 20.8 Å². The Kier molecular flexibility index (Phi) is 6.37. The number of rotatable bonds is 5. The average Bonchev–Trinajstić information content (AvgIpc) is 2.45. The molecule has 0 aliphatic carbocycles. The number of carbonyl (C=O) groups is 2. The molecule has 6 heteroatoms. The summed E-state index contributed by atoms with van der Waals surface area (Å²) in [6.45, 7) is 5.85. The van der Waals surface area contributed by atoms with Gasteiger partial charge in [-0.15, -0.1) is 0 Å². The number of amides is 1. The van der Waals surface area contributed by atoms with E-state index in [-0.39, 0.29) is 6.54 Å². The molecule has 22 heavy (non-hydrogen) atoms. The molecule has 1 atom stereocenters. The van der Waals surface area contributed by atoms with Gasteiger partial charge in [-0.05, 0) is 31.9 Å². The number of nitrogens with one attached hydrogen (secondary N) is 1. The fraction of sp³-hybridized carbons (Fsp3) is 0.500. The molecule has 0 fully saturated rings. The summed E-state index contributed by atoms with van der Waals surface area (Å²) < 4.78 is 9.96. The molecule has 1 unspecified atom stereocenters. The molecule has 0 aromatic heterocycles. The fourth-order valence-electron chi connectivity index (χ4n) is 1.87. The summed E-state index contributed by atoms with van der Waals surface area (Å²) >= 11 is 0. The van der Waals surface area contributed by atoms with Gasteiger partial charge in [0.25, 0.3) is 0 Å². The predicted octanol–water partition coefficient (Wildman–Crippen LogP) is 1.93. The average molecular weight is 308 g/mol. The highest BCUT2D eigenvalue weighted by atomic mass is 16.6. The molecule has 0 aliphatic rings. The number of carbonyl (C=O) groups excluding carboxylic acids is 2. The van der Waals surface area contributed by atoms with E-state index in [1.54, 1.807) is 32.9 Å². The standard InChI is InChI=1S/C16H24N2O4/c1-16(2,3)22-15(20)18-10-13(14(19)21-4)12-7-5-11(9-17)6-8-12/h5-8,13H,9-10,17H2,1-4H3,(H,18,20). The molecule has 0 heterocycles. The van der Waals surface area contributed by atoms with Gasteiger partial charge in [0.15, 0.2) is 0 Å². The fourth-order valence-corrected chi connectivity index (χ4v) is 1.87. The van der Waals surface area contributed by atoms with E-state index in [4.69, 9.17) is 15.2 Å². The number of hydrogen-bond acceptors (Lipinski definition) is 5. The van der Waals surface area contributed by atoms with E-state index in [0.29, 0.717) is 6.54 Å². The molecule has 0 radical (unpaired) electrons. The van der Waals surface area contributed by atoms with E-state index in [0.717, 1.165) is 11.1 Å². The van der Waals surface area contributed by atoms with Crippen LogP contribution in [0.25, 0.3) is 0 Å². The number of hydrogen-bond donors (Lipinski definition) is 2. The first kappa shape index (κ1) is 18.0. The van der Waals surface area contributed by atoms with Crippen molar-refractivity contribution in [2.75, 3.05) is 13.7 Å². The second-order valence-electron chi connectivity index (χ2n) is 5.90. The summed E-state index contributed by atoms with van der Waals surface area (Å²) in [5.41, 5.74) is 6.68.